The number of rotatable bonds is 6. The van der Waals surface area contributed by atoms with E-state index in [1.54, 1.807) is 0 Å². The molecule has 1 amide bonds. The molecule has 0 radical (unpaired) electrons. The second kappa shape index (κ2) is 7.33. The third kappa shape index (κ3) is 11.2. The average Bonchev–Trinajstić information content (AvgIpc) is 2.11. The molecule has 0 aliphatic rings. The van der Waals surface area contributed by atoms with Gasteiger partial charge in [0.15, 0.2) is 0 Å². The lowest BCUT2D eigenvalue weighted by Gasteiger charge is -2.21. The molecule has 0 rings (SSSR count). The molecule has 0 aliphatic heterocycles. The third-order valence-electron chi connectivity index (χ3n) is 2.00. The zero-order valence-corrected chi connectivity index (χ0v) is 11.7. The van der Waals surface area contributed by atoms with Gasteiger partial charge in [0.25, 0.3) is 0 Å². The molecule has 0 spiro atoms. The van der Waals surface area contributed by atoms with Gasteiger partial charge in [0.05, 0.1) is 0 Å². The highest BCUT2D eigenvalue weighted by atomic mass is 16.6. The molecular weight excluding hydrogens is 216 g/mol. The van der Waals surface area contributed by atoms with Crippen molar-refractivity contribution in [2.75, 3.05) is 13.1 Å². The van der Waals surface area contributed by atoms with E-state index >= 15 is 0 Å². The molecule has 0 bridgehead atoms. The Morgan fingerprint density at radius 1 is 1.41 bits per heavy atom. The van der Waals surface area contributed by atoms with Crippen LogP contribution in [0.1, 0.15) is 41.0 Å². The molecule has 2 N–H and O–H groups in total. The maximum absolute atomic E-state index is 11.4. The first-order valence-corrected chi connectivity index (χ1v) is 6.05. The van der Waals surface area contributed by atoms with Crippen LogP contribution in [0, 0.1) is 0 Å². The fourth-order valence-corrected chi connectivity index (χ4v) is 1.15. The second-order valence-electron chi connectivity index (χ2n) is 5.45. The molecule has 0 fully saturated rings. The predicted octanol–water partition coefficient (Wildman–Crippen LogP) is 2.46. The van der Waals surface area contributed by atoms with Crippen LogP contribution in [0.5, 0.6) is 0 Å². The van der Waals surface area contributed by atoms with Crippen molar-refractivity contribution in [3.05, 3.63) is 12.2 Å². The molecule has 17 heavy (non-hydrogen) atoms. The minimum Gasteiger partial charge on any atom is -0.444 e. The Balaban J connectivity index is 3.66. The minimum absolute atomic E-state index is 0.224. The topological polar surface area (TPSA) is 50.4 Å². The Morgan fingerprint density at radius 2 is 2.00 bits per heavy atom. The summed E-state index contributed by atoms with van der Waals surface area (Å²) in [5, 5.41) is 6.03. The molecule has 0 aromatic carbocycles. The molecule has 0 aromatic heterocycles. The highest BCUT2D eigenvalue weighted by Crippen LogP contribution is 2.06. The number of nitrogens with one attached hydrogen (secondary N) is 2. The van der Waals surface area contributed by atoms with Gasteiger partial charge in [-0.1, -0.05) is 5.57 Å². The van der Waals surface area contributed by atoms with E-state index < -0.39 is 5.60 Å². The van der Waals surface area contributed by atoms with Gasteiger partial charge in [0.1, 0.15) is 5.60 Å². The summed E-state index contributed by atoms with van der Waals surface area (Å²) < 4.78 is 5.14. The quantitative estimate of drug-likeness (QED) is 0.703. The molecule has 0 saturated carbocycles. The van der Waals surface area contributed by atoms with E-state index in [0.717, 1.165) is 18.5 Å². The monoisotopic (exact) mass is 242 g/mol. The third-order valence-corrected chi connectivity index (χ3v) is 2.00. The minimum atomic E-state index is -0.444. The first kappa shape index (κ1) is 16.0. The van der Waals surface area contributed by atoms with Crippen molar-refractivity contribution in [2.24, 2.45) is 0 Å². The van der Waals surface area contributed by atoms with E-state index in [1.165, 1.54) is 0 Å². The SMILES string of the molecule is C=C(C)CCNC(C)CNC(=O)OC(C)(C)C. The number of hydrogen-bond donors (Lipinski definition) is 2. The lowest BCUT2D eigenvalue weighted by molar-refractivity contribution is 0.0523. The van der Waals surface area contributed by atoms with Gasteiger partial charge in [-0.15, -0.1) is 6.58 Å². The fourth-order valence-electron chi connectivity index (χ4n) is 1.15. The highest BCUT2D eigenvalue weighted by molar-refractivity contribution is 5.67. The van der Waals surface area contributed by atoms with Gasteiger partial charge in [-0.25, -0.2) is 4.79 Å². The molecule has 4 heteroatoms. The van der Waals surface area contributed by atoms with Gasteiger partial charge < -0.3 is 15.4 Å². The van der Waals surface area contributed by atoms with E-state index in [9.17, 15) is 4.79 Å². The summed E-state index contributed by atoms with van der Waals surface area (Å²) in [6.07, 6.45) is 0.586. The summed E-state index contributed by atoms with van der Waals surface area (Å²) in [6, 6.07) is 0.224. The van der Waals surface area contributed by atoms with Crippen LogP contribution in [0.4, 0.5) is 4.79 Å². The van der Waals surface area contributed by atoms with E-state index in [-0.39, 0.29) is 12.1 Å². The lowest BCUT2D eigenvalue weighted by Crippen LogP contribution is -2.41. The Bertz CT molecular complexity index is 257. The number of carbonyl (C=O) groups is 1. The number of hydrogen-bond acceptors (Lipinski definition) is 3. The molecule has 1 unspecified atom stereocenters. The summed E-state index contributed by atoms with van der Waals surface area (Å²) in [4.78, 5) is 11.4. The number of carbonyl (C=O) groups excluding carboxylic acids is 1. The van der Waals surface area contributed by atoms with Gasteiger partial charge >= 0.3 is 6.09 Å². The van der Waals surface area contributed by atoms with Crippen molar-refractivity contribution in [3.8, 4) is 0 Å². The van der Waals surface area contributed by atoms with E-state index in [0.29, 0.717) is 6.54 Å². The molecular formula is C13H26N2O2. The van der Waals surface area contributed by atoms with Crippen molar-refractivity contribution in [2.45, 2.75) is 52.7 Å². The molecule has 100 valence electrons. The summed E-state index contributed by atoms with van der Waals surface area (Å²) in [6.45, 7) is 14.9. The maximum atomic E-state index is 11.4. The molecule has 0 saturated heterocycles. The maximum Gasteiger partial charge on any atom is 0.407 e. The zero-order chi connectivity index (χ0) is 13.5. The van der Waals surface area contributed by atoms with Crippen molar-refractivity contribution >= 4 is 6.09 Å². The Morgan fingerprint density at radius 3 is 2.47 bits per heavy atom. The first-order chi connectivity index (χ1) is 7.70. The van der Waals surface area contributed by atoms with Crippen LogP contribution >= 0.6 is 0 Å². The van der Waals surface area contributed by atoms with E-state index in [4.69, 9.17) is 4.74 Å². The largest absolute Gasteiger partial charge is 0.444 e. The Kier molecular flexibility index (Phi) is 6.88. The molecule has 1 atom stereocenters. The van der Waals surface area contributed by atoms with Crippen LogP contribution in [-0.4, -0.2) is 30.8 Å². The summed E-state index contributed by atoms with van der Waals surface area (Å²) in [5.74, 6) is 0. The highest BCUT2D eigenvalue weighted by Gasteiger charge is 2.16. The van der Waals surface area contributed by atoms with Crippen molar-refractivity contribution in [1.82, 2.24) is 10.6 Å². The molecule has 0 heterocycles. The van der Waals surface area contributed by atoms with Crippen LogP contribution in [0.3, 0.4) is 0 Å². The van der Waals surface area contributed by atoms with Crippen LogP contribution in [-0.2, 0) is 4.74 Å². The molecule has 0 aromatic rings. The smallest absolute Gasteiger partial charge is 0.407 e. The number of ether oxygens (including phenoxy) is 1. The second-order valence-corrected chi connectivity index (χ2v) is 5.45. The Labute approximate surface area is 105 Å². The van der Waals surface area contributed by atoms with Crippen molar-refractivity contribution < 1.29 is 9.53 Å². The van der Waals surface area contributed by atoms with Crippen LogP contribution in [0.25, 0.3) is 0 Å². The van der Waals surface area contributed by atoms with Gasteiger partial charge in [0.2, 0.25) is 0 Å². The van der Waals surface area contributed by atoms with Gasteiger partial charge in [-0.2, -0.15) is 0 Å². The average molecular weight is 242 g/mol. The normalized spacial score (nSPS) is 13.0. The summed E-state index contributed by atoms with van der Waals surface area (Å²) in [5.41, 5.74) is 0.713. The number of amides is 1. The van der Waals surface area contributed by atoms with Crippen LogP contribution in [0.2, 0.25) is 0 Å². The van der Waals surface area contributed by atoms with E-state index in [2.05, 4.69) is 17.2 Å². The standard InChI is InChI=1S/C13H26N2O2/c1-10(2)7-8-14-11(3)9-15-12(16)17-13(4,5)6/h11,14H,1,7-9H2,2-6H3,(H,15,16). The van der Waals surface area contributed by atoms with Gasteiger partial charge in [0, 0.05) is 12.6 Å². The van der Waals surface area contributed by atoms with Crippen molar-refractivity contribution in [3.63, 3.8) is 0 Å². The first-order valence-electron chi connectivity index (χ1n) is 6.05. The Hall–Kier alpha value is -1.03. The molecule has 4 nitrogen and oxygen atoms in total. The van der Waals surface area contributed by atoms with E-state index in [1.807, 2.05) is 34.6 Å². The van der Waals surface area contributed by atoms with Gasteiger partial charge in [-0.3, -0.25) is 0 Å². The van der Waals surface area contributed by atoms with Gasteiger partial charge in [-0.05, 0) is 47.6 Å². The van der Waals surface area contributed by atoms with Crippen LogP contribution < -0.4 is 10.6 Å². The zero-order valence-electron chi connectivity index (χ0n) is 11.7. The molecule has 0 aliphatic carbocycles. The fraction of sp³-hybridized carbons (Fsp3) is 0.769. The lowest BCUT2D eigenvalue weighted by atomic mass is 10.2. The predicted molar refractivity (Wildman–Crippen MR) is 71.1 cm³/mol. The summed E-state index contributed by atoms with van der Waals surface area (Å²) >= 11 is 0. The number of alkyl carbamates (subject to hydrolysis) is 1. The van der Waals surface area contributed by atoms with Crippen LogP contribution in [0.15, 0.2) is 12.2 Å². The van der Waals surface area contributed by atoms with Crippen molar-refractivity contribution in [1.29, 1.82) is 0 Å². The summed E-state index contributed by atoms with van der Waals surface area (Å²) in [7, 11) is 0.